The summed E-state index contributed by atoms with van der Waals surface area (Å²) in [6, 6.07) is 0. The zero-order valence-electron chi connectivity index (χ0n) is 6.91. The molecule has 0 aliphatic heterocycles. The molecule has 0 spiro atoms. The van der Waals surface area contributed by atoms with Crippen LogP contribution in [0, 0.1) is 43.1 Å². The van der Waals surface area contributed by atoms with Gasteiger partial charge in [0.25, 0.3) is 43.1 Å². The summed E-state index contributed by atoms with van der Waals surface area (Å²) in [6.07, 6.45) is 0. The average Bonchev–Trinajstić information content (AvgIpc) is 1.95. The molecule has 0 heterocycles. The first-order valence-corrected chi connectivity index (χ1v) is 8.00. The highest BCUT2D eigenvalue weighted by Gasteiger charge is 2.87. The van der Waals surface area contributed by atoms with Crippen LogP contribution in [0.25, 0.3) is 0 Å². The van der Waals surface area contributed by atoms with Crippen molar-refractivity contribution in [3.63, 3.8) is 0 Å². The third kappa shape index (κ3) is 8.59. The van der Waals surface area contributed by atoms with E-state index in [0.717, 1.165) is 0 Å². The van der Waals surface area contributed by atoms with Gasteiger partial charge in [-0.05, 0) is 0 Å². The van der Waals surface area contributed by atoms with Crippen LogP contribution in [0.2, 0.25) is 0 Å². The van der Waals surface area contributed by atoms with Gasteiger partial charge in [0.05, 0.1) is 15.9 Å². The maximum atomic E-state index is 10.1. The van der Waals surface area contributed by atoms with E-state index < -0.39 is 52.2 Å². The predicted octanol–water partition coefficient (Wildman–Crippen LogP) is -10.2. The molecule has 17 heteroatoms. The largest absolute Gasteiger partial charge is 1.10 e. The molecule has 0 rings (SSSR count). The van der Waals surface area contributed by atoms with Crippen molar-refractivity contribution in [2.24, 2.45) is 0 Å². The molecule has 0 saturated carbocycles. The van der Waals surface area contributed by atoms with Crippen LogP contribution in [0.4, 0.5) is 0 Å². The Bertz CT molecular complexity index is 159. The molecule has 0 aliphatic carbocycles. The lowest BCUT2D eigenvalue weighted by atomic mass is 15.6. The van der Waals surface area contributed by atoms with Crippen LogP contribution in [0.3, 0.4) is 0 Å². The van der Waals surface area contributed by atoms with Gasteiger partial charge in [-0.3, -0.25) is 0 Å². The molecule has 0 unspecified atom stereocenters. The molecule has 0 atom stereocenters. The highest BCUT2D eigenvalue weighted by atomic mass is 35.6. The molecule has 0 saturated heterocycles. The minimum absolute atomic E-state index is 3.24. The average molecular weight is 362 g/mol. The van der Waals surface area contributed by atoms with E-state index in [-0.39, 0.29) is 0 Å². The normalized spacial score (nSPS) is 13.4. The molecule has 0 aromatic rings. The SMILES string of the molecule is [O-][Cl+2]([O-])O[Si](O[Cl+2]([O-])[O-])(O[Cl+2]([O-])[O-])O[Cl+2]([O-])[O-]. The summed E-state index contributed by atoms with van der Waals surface area (Å²) in [5.41, 5.74) is 0. The Balaban J connectivity index is 4.89. The first kappa shape index (κ1) is 17.9. The van der Waals surface area contributed by atoms with Crippen LogP contribution in [-0.2, 0) is 15.9 Å². The van der Waals surface area contributed by atoms with Crippen molar-refractivity contribution in [2.75, 3.05) is 0 Å². The van der Waals surface area contributed by atoms with Crippen molar-refractivity contribution in [2.45, 2.75) is 0 Å². The molecule has 0 fully saturated rings. The molecule has 17 heavy (non-hydrogen) atoms. The van der Waals surface area contributed by atoms with Gasteiger partial charge in [0.15, 0.2) is 0 Å². The monoisotopic (exact) mass is 360 g/mol. The Morgan fingerprint density at radius 2 is 0.647 bits per heavy atom. The summed E-state index contributed by atoms with van der Waals surface area (Å²) in [5, 5.41) is 0. The van der Waals surface area contributed by atoms with E-state index in [1.165, 1.54) is 0 Å². The molecule has 0 N–H and O–H groups in total. The third-order valence-electron chi connectivity index (χ3n) is 0.630. The Morgan fingerprint density at radius 1 is 0.471 bits per heavy atom. The molecule has 0 bridgehead atoms. The number of hydrogen-bond donors (Lipinski definition) is 0. The minimum Gasteiger partial charge on any atom is -0.321 e. The molecule has 0 radical (unpaired) electrons. The van der Waals surface area contributed by atoms with Gasteiger partial charge in [-0.15, -0.1) is 0 Å². The number of rotatable bonds is 8. The second-order valence-electron chi connectivity index (χ2n) is 1.56. The molecular weight excluding hydrogens is 362 g/mol. The van der Waals surface area contributed by atoms with Crippen molar-refractivity contribution < 1.29 is 96.3 Å². The van der Waals surface area contributed by atoms with Gasteiger partial charge in [0.2, 0.25) is 0 Å². The second-order valence-corrected chi connectivity index (χ2v) is 6.55. The van der Waals surface area contributed by atoms with E-state index in [0.29, 0.717) is 0 Å². The third-order valence-corrected chi connectivity index (χ3v) is 5.67. The summed E-state index contributed by atoms with van der Waals surface area (Å²) >= 11 is 0. The lowest BCUT2D eigenvalue weighted by Gasteiger charge is -2.04. The van der Waals surface area contributed by atoms with Crippen molar-refractivity contribution in [3.05, 3.63) is 0 Å². The maximum Gasteiger partial charge on any atom is 1.10 e. The van der Waals surface area contributed by atoms with Gasteiger partial charge in [-0.1, -0.05) is 0 Å². The molecule has 0 amide bonds. The number of halogens is 4. The van der Waals surface area contributed by atoms with Crippen molar-refractivity contribution in [1.82, 2.24) is 0 Å². The highest BCUT2D eigenvalue weighted by Crippen LogP contribution is 2.16. The Hall–Kier alpha value is 0.897. The van der Waals surface area contributed by atoms with Gasteiger partial charge < -0.3 is 37.3 Å². The molecule has 104 valence electrons. The standard InChI is InChI=1S/Cl4O12Si/c5-1(6)13-17(14-2(7)8,15-3(9)10)16-4(11)12. The van der Waals surface area contributed by atoms with Crippen LogP contribution in [0.1, 0.15) is 0 Å². The van der Waals surface area contributed by atoms with E-state index in [1.54, 1.807) is 0 Å². The van der Waals surface area contributed by atoms with Crippen molar-refractivity contribution in [1.29, 1.82) is 0 Å². The fourth-order valence-corrected chi connectivity index (χ4v) is 4.71. The van der Waals surface area contributed by atoms with Crippen molar-refractivity contribution >= 4 is 9.05 Å². The maximum absolute atomic E-state index is 10.1. The number of hydrogen-bond acceptors (Lipinski definition) is 12. The van der Waals surface area contributed by atoms with Gasteiger partial charge >= 0.3 is 9.05 Å². The fourth-order valence-electron chi connectivity index (χ4n) is 0.380. The zero-order chi connectivity index (χ0) is 13.6. The topological polar surface area (TPSA) is 221 Å². The van der Waals surface area contributed by atoms with Crippen LogP contribution in [0.15, 0.2) is 0 Å². The van der Waals surface area contributed by atoms with Crippen LogP contribution < -0.4 is 37.3 Å². The lowest BCUT2D eigenvalue weighted by Crippen LogP contribution is -2.63. The van der Waals surface area contributed by atoms with Crippen LogP contribution in [0.5, 0.6) is 0 Å². The smallest absolute Gasteiger partial charge is 0.321 e. The minimum atomic E-state index is -5.56. The van der Waals surface area contributed by atoms with E-state index in [4.69, 9.17) is 0 Å². The van der Waals surface area contributed by atoms with Gasteiger partial charge in [0, 0.05) is 0 Å². The molecular formula is Cl4O12Si. The van der Waals surface area contributed by atoms with E-state index in [1.807, 2.05) is 0 Å². The van der Waals surface area contributed by atoms with E-state index in [2.05, 4.69) is 15.9 Å². The highest BCUT2D eigenvalue weighted by molar-refractivity contribution is 6.51. The summed E-state index contributed by atoms with van der Waals surface area (Å²) in [4.78, 5) is 0. The summed E-state index contributed by atoms with van der Waals surface area (Å²) in [7, 11) is -18.5. The molecule has 0 aromatic carbocycles. The summed E-state index contributed by atoms with van der Waals surface area (Å²) in [5.74, 6) is 0. The first-order chi connectivity index (χ1) is 7.67. The van der Waals surface area contributed by atoms with E-state index >= 15 is 0 Å². The van der Waals surface area contributed by atoms with E-state index in [9.17, 15) is 37.3 Å². The second kappa shape index (κ2) is 8.14. The zero-order valence-corrected chi connectivity index (χ0v) is 10.9. The van der Waals surface area contributed by atoms with Crippen LogP contribution >= 0.6 is 0 Å². The fraction of sp³-hybridized carbons (Fsp3) is 0. The summed E-state index contributed by atoms with van der Waals surface area (Å²) in [6.45, 7) is 0. The Kier molecular flexibility index (Phi) is 8.57. The van der Waals surface area contributed by atoms with Gasteiger partial charge in [0.1, 0.15) is 0 Å². The molecule has 0 aromatic heterocycles. The lowest BCUT2D eigenvalue weighted by molar-refractivity contribution is -1.66. The van der Waals surface area contributed by atoms with Crippen molar-refractivity contribution in [3.8, 4) is 0 Å². The Labute approximate surface area is 106 Å². The van der Waals surface area contributed by atoms with Gasteiger partial charge in [-0.25, -0.2) is 0 Å². The van der Waals surface area contributed by atoms with Gasteiger partial charge in [-0.2, -0.15) is 0 Å². The first-order valence-electron chi connectivity index (χ1n) is 2.67. The molecule has 12 nitrogen and oxygen atoms in total. The van der Waals surface area contributed by atoms with Crippen LogP contribution in [-0.4, -0.2) is 9.05 Å². The molecule has 0 aliphatic rings. The summed E-state index contributed by atoms with van der Waals surface area (Å²) < 4.78 is 94.7. The predicted molar refractivity (Wildman–Crippen MR) is 10.1 cm³/mol. The Morgan fingerprint density at radius 3 is 0.765 bits per heavy atom. The quantitative estimate of drug-likeness (QED) is 0.367.